The summed E-state index contributed by atoms with van der Waals surface area (Å²) in [5.74, 6) is 0.567. The lowest BCUT2D eigenvalue weighted by atomic mass is 10.0. The zero-order chi connectivity index (χ0) is 24.7. The Morgan fingerprint density at radius 1 is 0.914 bits per heavy atom. The van der Waals surface area contributed by atoms with Crippen LogP contribution in [0.1, 0.15) is 22.3 Å². The third kappa shape index (κ3) is 4.52. The van der Waals surface area contributed by atoms with Gasteiger partial charge in [-0.15, -0.1) is 0 Å². The fraction of sp³-hybridized carbons (Fsp3) is 0.192. The van der Waals surface area contributed by atoms with Gasteiger partial charge in [-0.25, -0.2) is 12.8 Å². The van der Waals surface area contributed by atoms with E-state index in [-0.39, 0.29) is 30.3 Å². The molecule has 0 spiro atoms. The normalized spacial score (nSPS) is 13.0. The number of rotatable bonds is 6. The fourth-order valence-corrected chi connectivity index (χ4v) is 5.46. The molecule has 7 nitrogen and oxygen atoms in total. The molecule has 180 valence electrons. The monoisotopic (exact) mass is 494 g/mol. The van der Waals surface area contributed by atoms with Gasteiger partial charge >= 0.3 is 0 Å². The van der Waals surface area contributed by atoms with Crippen LogP contribution in [0.3, 0.4) is 0 Å². The second-order valence-electron chi connectivity index (χ2n) is 8.56. The Morgan fingerprint density at radius 2 is 1.63 bits per heavy atom. The van der Waals surface area contributed by atoms with Crippen LogP contribution in [0.4, 0.5) is 4.39 Å². The number of aromatic amines is 1. The average Bonchev–Trinajstić information content (AvgIpc) is 3.28. The highest BCUT2D eigenvalue weighted by molar-refractivity contribution is 7.89. The summed E-state index contributed by atoms with van der Waals surface area (Å²) in [6.07, 6.45) is 0. The summed E-state index contributed by atoms with van der Waals surface area (Å²) in [7, 11) is -4.07. The zero-order valence-electron chi connectivity index (χ0n) is 19.2. The molecule has 35 heavy (non-hydrogen) atoms. The second-order valence-corrected chi connectivity index (χ2v) is 10.5. The molecule has 1 aliphatic rings. The summed E-state index contributed by atoms with van der Waals surface area (Å²) >= 11 is 0. The summed E-state index contributed by atoms with van der Waals surface area (Å²) in [5, 5.41) is 0.810. The fourth-order valence-electron chi connectivity index (χ4n) is 4.05. The number of fused-ring (bicyclic) bond motifs is 2. The van der Waals surface area contributed by atoms with Crippen LogP contribution < -0.4 is 15.0 Å². The van der Waals surface area contributed by atoms with Crippen LogP contribution in [0.15, 0.2) is 70.4 Å². The third-order valence-corrected chi connectivity index (χ3v) is 7.94. The van der Waals surface area contributed by atoms with Gasteiger partial charge in [-0.2, -0.15) is 4.31 Å². The van der Waals surface area contributed by atoms with Crippen molar-refractivity contribution < 1.29 is 22.3 Å². The maximum atomic E-state index is 13.6. The summed E-state index contributed by atoms with van der Waals surface area (Å²) in [5.41, 5.74) is 3.38. The minimum absolute atomic E-state index is 0.0270. The smallest absolute Gasteiger partial charge is 0.252 e. The molecule has 3 aromatic carbocycles. The molecule has 1 aliphatic heterocycles. The van der Waals surface area contributed by atoms with Crippen LogP contribution in [0.5, 0.6) is 11.5 Å². The first-order valence-electron chi connectivity index (χ1n) is 11.0. The molecule has 0 aliphatic carbocycles. The quantitative estimate of drug-likeness (QED) is 0.429. The standard InChI is InChI=1S/C26H23FN2O5S/c1-16-9-19-12-20(26(30)28-23(19)10-17(16)2)14-29(35(31,32)22-6-4-21(27)5-7-22)13-18-3-8-24-25(11-18)34-15-33-24/h3-12H,13-15H2,1-2H3,(H,28,30). The first kappa shape index (κ1) is 23.1. The molecule has 0 fully saturated rings. The van der Waals surface area contributed by atoms with Crippen molar-refractivity contribution in [2.24, 2.45) is 0 Å². The third-order valence-electron chi connectivity index (χ3n) is 6.13. The molecule has 1 aromatic heterocycles. The maximum Gasteiger partial charge on any atom is 0.252 e. The highest BCUT2D eigenvalue weighted by Crippen LogP contribution is 2.33. The van der Waals surface area contributed by atoms with Gasteiger partial charge in [0.05, 0.1) is 4.90 Å². The number of nitrogens with one attached hydrogen (secondary N) is 1. The average molecular weight is 495 g/mol. The molecule has 0 amide bonds. The molecular formula is C26H23FN2O5S. The van der Waals surface area contributed by atoms with Crippen molar-refractivity contribution in [1.82, 2.24) is 9.29 Å². The van der Waals surface area contributed by atoms with Crippen LogP contribution >= 0.6 is 0 Å². The molecule has 2 heterocycles. The maximum absolute atomic E-state index is 13.6. The first-order chi connectivity index (χ1) is 16.7. The van der Waals surface area contributed by atoms with E-state index in [9.17, 15) is 17.6 Å². The lowest BCUT2D eigenvalue weighted by molar-refractivity contribution is 0.174. The van der Waals surface area contributed by atoms with Crippen LogP contribution in [0.2, 0.25) is 0 Å². The molecule has 9 heteroatoms. The van der Waals surface area contributed by atoms with E-state index in [1.807, 2.05) is 26.0 Å². The molecule has 0 radical (unpaired) electrons. The van der Waals surface area contributed by atoms with Crippen molar-refractivity contribution in [2.45, 2.75) is 31.8 Å². The first-order valence-corrected chi connectivity index (χ1v) is 12.4. The minimum Gasteiger partial charge on any atom is -0.454 e. The molecule has 0 saturated heterocycles. The summed E-state index contributed by atoms with van der Waals surface area (Å²) in [6, 6.07) is 15.4. The summed E-state index contributed by atoms with van der Waals surface area (Å²) in [4.78, 5) is 15.7. The van der Waals surface area contributed by atoms with Gasteiger partial charge in [0.2, 0.25) is 16.8 Å². The Kier molecular flexibility index (Phi) is 5.82. The molecule has 1 N–H and O–H groups in total. The van der Waals surface area contributed by atoms with Crippen LogP contribution in [0, 0.1) is 19.7 Å². The number of aromatic nitrogens is 1. The van der Waals surface area contributed by atoms with E-state index >= 15 is 0 Å². The Morgan fingerprint density at radius 3 is 2.40 bits per heavy atom. The molecule has 0 bridgehead atoms. The van der Waals surface area contributed by atoms with E-state index in [0.717, 1.165) is 28.6 Å². The number of benzene rings is 3. The predicted molar refractivity (Wildman–Crippen MR) is 129 cm³/mol. The van der Waals surface area contributed by atoms with Crippen molar-refractivity contribution in [1.29, 1.82) is 0 Å². The number of aryl methyl sites for hydroxylation is 2. The summed E-state index contributed by atoms with van der Waals surface area (Å²) in [6.45, 7) is 3.84. The number of H-pyrrole nitrogens is 1. The van der Waals surface area contributed by atoms with Crippen molar-refractivity contribution >= 4 is 20.9 Å². The highest BCUT2D eigenvalue weighted by atomic mass is 32.2. The predicted octanol–water partition coefficient (Wildman–Crippen LogP) is 4.40. The Bertz CT molecular complexity index is 1600. The topological polar surface area (TPSA) is 88.7 Å². The largest absolute Gasteiger partial charge is 0.454 e. The van der Waals surface area contributed by atoms with Crippen LogP contribution in [-0.4, -0.2) is 24.5 Å². The SMILES string of the molecule is Cc1cc2cc(CN(Cc3ccc4c(c3)OCO4)S(=O)(=O)c3ccc(F)cc3)c(=O)[nH]c2cc1C. The number of hydrogen-bond acceptors (Lipinski definition) is 5. The number of sulfonamides is 1. The van der Waals surface area contributed by atoms with Crippen LogP contribution in [0.25, 0.3) is 10.9 Å². The van der Waals surface area contributed by atoms with Crippen molar-refractivity contribution in [3.8, 4) is 11.5 Å². The van der Waals surface area contributed by atoms with Crippen molar-refractivity contribution in [3.63, 3.8) is 0 Å². The number of hydrogen-bond donors (Lipinski definition) is 1. The number of nitrogens with zero attached hydrogens (tertiary/aromatic N) is 1. The van der Waals surface area contributed by atoms with Crippen molar-refractivity contribution in [3.05, 3.63) is 99.1 Å². The second kappa shape index (κ2) is 8.83. The van der Waals surface area contributed by atoms with Gasteiger partial charge in [0, 0.05) is 24.2 Å². The Labute approximate surface area is 201 Å². The Hall–Kier alpha value is -3.69. The number of pyridine rings is 1. The van der Waals surface area contributed by atoms with E-state index < -0.39 is 15.8 Å². The molecule has 0 atom stereocenters. The Balaban J connectivity index is 1.57. The molecule has 0 saturated carbocycles. The summed E-state index contributed by atoms with van der Waals surface area (Å²) < 4.78 is 52.6. The van der Waals surface area contributed by atoms with E-state index in [0.29, 0.717) is 28.1 Å². The van der Waals surface area contributed by atoms with Crippen LogP contribution in [-0.2, 0) is 23.1 Å². The van der Waals surface area contributed by atoms with Gasteiger partial charge in [0.1, 0.15) is 5.82 Å². The number of ether oxygens (including phenoxy) is 2. The van der Waals surface area contributed by atoms with Gasteiger partial charge in [-0.1, -0.05) is 6.07 Å². The van der Waals surface area contributed by atoms with Gasteiger partial charge in [0.15, 0.2) is 11.5 Å². The molecule has 5 rings (SSSR count). The van der Waals surface area contributed by atoms with Gasteiger partial charge in [-0.05, 0) is 90.5 Å². The van der Waals surface area contributed by atoms with E-state index in [1.54, 1.807) is 24.3 Å². The van der Waals surface area contributed by atoms with E-state index in [4.69, 9.17) is 9.47 Å². The van der Waals surface area contributed by atoms with Gasteiger partial charge < -0.3 is 14.5 Å². The lowest BCUT2D eigenvalue weighted by Gasteiger charge is -2.22. The number of halogens is 1. The van der Waals surface area contributed by atoms with E-state index in [1.165, 1.54) is 16.4 Å². The lowest BCUT2D eigenvalue weighted by Crippen LogP contribution is -2.32. The highest BCUT2D eigenvalue weighted by Gasteiger charge is 2.27. The minimum atomic E-state index is -4.07. The van der Waals surface area contributed by atoms with Gasteiger partial charge in [0.25, 0.3) is 5.56 Å². The zero-order valence-corrected chi connectivity index (χ0v) is 20.0. The molecule has 0 unspecified atom stereocenters. The van der Waals surface area contributed by atoms with E-state index in [2.05, 4.69) is 4.98 Å². The van der Waals surface area contributed by atoms with Gasteiger partial charge in [-0.3, -0.25) is 4.79 Å². The van der Waals surface area contributed by atoms with Crippen molar-refractivity contribution in [2.75, 3.05) is 6.79 Å². The molecular weight excluding hydrogens is 471 g/mol. The molecule has 4 aromatic rings.